The van der Waals surface area contributed by atoms with Gasteiger partial charge in [0, 0.05) is 0 Å². The molecule has 0 radical (unpaired) electrons. The van der Waals surface area contributed by atoms with Gasteiger partial charge in [-0.25, -0.2) is 4.90 Å². The van der Waals surface area contributed by atoms with Crippen molar-refractivity contribution in [1.82, 2.24) is 4.90 Å². The highest BCUT2D eigenvalue weighted by atomic mass is 32.2. The van der Waals surface area contributed by atoms with E-state index in [1.165, 1.54) is 9.80 Å². The number of hydrogen-bond acceptors (Lipinski definition) is 5. The predicted molar refractivity (Wildman–Crippen MR) is 101 cm³/mol. The topological polar surface area (TPSA) is 60.3 Å². The molecule has 2 fully saturated rings. The number of thioether (sulfide) groups is 1. The van der Waals surface area contributed by atoms with Gasteiger partial charge >= 0.3 is 0 Å². The molecule has 2 aliphatic heterocycles. The number of ether oxygens (including phenoxy) is 2. The second kappa shape index (κ2) is 9.21. The number of morpholine rings is 1. The summed E-state index contributed by atoms with van der Waals surface area (Å²) in [7, 11) is 0. The molecule has 0 bridgehead atoms. The van der Waals surface area contributed by atoms with Crippen LogP contribution in [-0.2, 0) is 9.53 Å². The lowest BCUT2D eigenvalue weighted by Crippen LogP contribution is -3.15. The van der Waals surface area contributed by atoms with E-state index < -0.39 is 0 Å². The number of amides is 2. The van der Waals surface area contributed by atoms with Gasteiger partial charge < -0.3 is 14.4 Å². The number of nitrogens with zero attached hydrogens (tertiary/aromatic N) is 1. The van der Waals surface area contributed by atoms with Crippen molar-refractivity contribution in [3.63, 3.8) is 0 Å². The quantitative estimate of drug-likeness (QED) is 0.580. The summed E-state index contributed by atoms with van der Waals surface area (Å²) >= 11 is 1.01. The van der Waals surface area contributed by atoms with Gasteiger partial charge in [0.25, 0.3) is 11.1 Å². The van der Waals surface area contributed by atoms with Crippen LogP contribution in [0.3, 0.4) is 0 Å². The Hall–Kier alpha value is -1.83. The minimum atomic E-state index is -0.206. The number of carbonyl (C=O) groups is 2. The molecule has 0 unspecified atom stereocenters. The van der Waals surface area contributed by atoms with Crippen molar-refractivity contribution >= 4 is 29.0 Å². The lowest BCUT2D eigenvalue weighted by Gasteiger charge is -2.26. The first-order valence-electron chi connectivity index (χ1n) is 9.07. The van der Waals surface area contributed by atoms with E-state index in [0.717, 1.165) is 49.0 Å². The second-order valence-corrected chi connectivity index (χ2v) is 7.39. The SMILES string of the molecule is CCCCOc1ccc(/C=C2/SC(=O)N(C[NH+]3CCOCC3)C2=O)cc1. The van der Waals surface area contributed by atoms with Crippen LogP contribution in [0.1, 0.15) is 25.3 Å². The van der Waals surface area contributed by atoms with Crippen molar-refractivity contribution in [3.05, 3.63) is 34.7 Å². The summed E-state index contributed by atoms with van der Waals surface area (Å²) in [6, 6.07) is 7.60. The maximum atomic E-state index is 12.6. The van der Waals surface area contributed by atoms with Crippen LogP contribution in [0.15, 0.2) is 29.2 Å². The molecule has 0 aromatic heterocycles. The molecule has 1 aromatic rings. The average molecular weight is 377 g/mol. The fourth-order valence-electron chi connectivity index (χ4n) is 2.82. The van der Waals surface area contributed by atoms with Gasteiger partial charge in [0.15, 0.2) is 6.67 Å². The summed E-state index contributed by atoms with van der Waals surface area (Å²) in [5.74, 6) is 0.613. The van der Waals surface area contributed by atoms with Crippen LogP contribution >= 0.6 is 11.8 Å². The molecule has 0 saturated carbocycles. The lowest BCUT2D eigenvalue weighted by atomic mass is 10.2. The first kappa shape index (κ1) is 18.9. The Morgan fingerprint density at radius 3 is 2.65 bits per heavy atom. The largest absolute Gasteiger partial charge is 0.494 e. The molecule has 0 atom stereocenters. The maximum Gasteiger partial charge on any atom is 0.298 e. The highest BCUT2D eigenvalue weighted by Crippen LogP contribution is 2.31. The maximum absolute atomic E-state index is 12.6. The van der Waals surface area contributed by atoms with Gasteiger partial charge in [-0.2, -0.15) is 0 Å². The fraction of sp³-hybridized carbons (Fsp3) is 0.474. The van der Waals surface area contributed by atoms with Gasteiger partial charge in [0.05, 0.1) is 24.7 Å². The third-order valence-corrected chi connectivity index (χ3v) is 5.31. The number of unbranched alkanes of at least 4 members (excludes halogenated alkanes) is 1. The molecule has 0 aliphatic carbocycles. The normalized spacial score (nSPS) is 20.2. The Balaban J connectivity index is 1.61. The monoisotopic (exact) mass is 377 g/mol. The van der Waals surface area contributed by atoms with Gasteiger partial charge in [-0.3, -0.25) is 9.59 Å². The van der Waals surface area contributed by atoms with E-state index >= 15 is 0 Å². The fourth-order valence-corrected chi connectivity index (χ4v) is 3.66. The molecule has 2 aliphatic rings. The van der Waals surface area contributed by atoms with E-state index in [9.17, 15) is 9.59 Å². The number of nitrogens with one attached hydrogen (secondary N) is 1. The number of hydrogen-bond donors (Lipinski definition) is 1. The van der Waals surface area contributed by atoms with Crippen molar-refractivity contribution in [3.8, 4) is 5.75 Å². The molecule has 0 spiro atoms. The molecule has 1 N–H and O–H groups in total. The highest BCUT2D eigenvalue weighted by Gasteiger charge is 2.37. The van der Waals surface area contributed by atoms with Crippen LogP contribution in [-0.4, -0.2) is 55.6 Å². The predicted octanol–water partition coefficient (Wildman–Crippen LogP) is 1.77. The molecule has 140 valence electrons. The van der Waals surface area contributed by atoms with E-state index in [-0.39, 0.29) is 11.1 Å². The Kier molecular flexibility index (Phi) is 6.71. The van der Waals surface area contributed by atoms with Crippen molar-refractivity contribution in [2.75, 3.05) is 39.6 Å². The van der Waals surface area contributed by atoms with Gasteiger partial charge in [0.1, 0.15) is 18.8 Å². The van der Waals surface area contributed by atoms with Crippen LogP contribution in [0.5, 0.6) is 5.75 Å². The van der Waals surface area contributed by atoms with Gasteiger partial charge in [-0.05, 0) is 42.0 Å². The molecule has 7 heteroatoms. The molecular weight excluding hydrogens is 352 g/mol. The first-order valence-corrected chi connectivity index (χ1v) is 9.88. The summed E-state index contributed by atoms with van der Waals surface area (Å²) in [4.78, 5) is 27.8. The average Bonchev–Trinajstić information content (AvgIpc) is 2.92. The van der Waals surface area contributed by atoms with Crippen LogP contribution < -0.4 is 9.64 Å². The third kappa shape index (κ3) is 4.87. The summed E-state index contributed by atoms with van der Waals surface area (Å²) in [6.45, 7) is 6.23. The van der Waals surface area contributed by atoms with Gasteiger partial charge in [0.2, 0.25) is 0 Å². The van der Waals surface area contributed by atoms with E-state index in [4.69, 9.17) is 9.47 Å². The van der Waals surface area contributed by atoms with Gasteiger partial charge in [-0.15, -0.1) is 0 Å². The zero-order chi connectivity index (χ0) is 18.4. The minimum absolute atomic E-state index is 0.195. The summed E-state index contributed by atoms with van der Waals surface area (Å²) in [6.07, 6.45) is 3.90. The Labute approximate surface area is 158 Å². The molecule has 2 heterocycles. The molecule has 3 rings (SSSR count). The standard InChI is InChI=1S/C19H24N2O4S/c1-2-3-10-25-16-6-4-15(5-7-16)13-17-18(22)21(19(23)26-17)14-20-8-11-24-12-9-20/h4-7,13H,2-3,8-12,14H2,1H3/p+1/b17-13+. The smallest absolute Gasteiger partial charge is 0.298 e. The first-order chi connectivity index (χ1) is 12.7. The van der Waals surface area contributed by atoms with Gasteiger partial charge in [-0.1, -0.05) is 25.5 Å². The van der Waals surface area contributed by atoms with Crippen molar-refractivity contribution in [2.24, 2.45) is 0 Å². The summed E-state index contributed by atoms with van der Waals surface area (Å²) in [5, 5.41) is -0.195. The molecule has 6 nitrogen and oxygen atoms in total. The Bertz CT molecular complexity index is 669. The molecule has 2 saturated heterocycles. The Morgan fingerprint density at radius 1 is 1.23 bits per heavy atom. The van der Waals surface area contributed by atoms with E-state index in [0.29, 0.717) is 31.4 Å². The number of benzene rings is 1. The number of carbonyl (C=O) groups excluding carboxylic acids is 2. The lowest BCUT2D eigenvalue weighted by molar-refractivity contribution is -0.915. The molecule has 26 heavy (non-hydrogen) atoms. The highest BCUT2D eigenvalue weighted by molar-refractivity contribution is 8.18. The third-order valence-electron chi connectivity index (χ3n) is 4.40. The van der Waals surface area contributed by atoms with Crippen molar-refractivity contribution in [2.45, 2.75) is 19.8 Å². The molecule has 1 aromatic carbocycles. The molecule has 2 amide bonds. The van der Waals surface area contributed by atoms with Crippen LogP contribution in [0.25, 0.3) is 6.08 Å². The van der Waals surface area contributed by atoms with Crippen LogP contribution in [0.2, 0.25) is 0 Å². The van der Waals surface area contributed by atoms with Crippen molar-refractivity contribution < 1.29 is 24.0 Å². The van der Waals surface area contributed by atoms with E-state index in [1.807, 2.05) is 24.3 Å². The number of imide groups is 1. The van der Waals surface area contributed by atoms with Crippen molar-refractivity contribution in [1.29, 1.82) is 0 Å². The number of quaternary nitrogens is 1. The van der Waals surface area contributed by atoms with Crippen LogP contribution in [0, 0.1) is 0 Å². The molecular formula is C19H25N2O4S+. The zero-order valence-corrected chi connectivity index (χ0v) is 15.8. The Morgan fingerprint density at radius 2 is 1.96 bits per heavy atom. The summed E-state index contributed by atoms with van der Waals surface area (Å²) in [5.41, 5.74) is 0.886. The van der Waals surface area contributed by atoms with Crippen LogP contribution in [0.4, 0.5) is 4.79 Å². The summed E-state index contributed by atoms with van der Waals surface area (Å²) < 4.78 is 11.0. The minimum Gasteiger partial charge on any atom is -0.494 e. The van der Waals surface area contributed by atoms with E-state index in [1.54, 1.807) is 6.08 Å². The zero-order valence-electron chi connectivity index (χ0n) is 15.0. The number of rotatable bonds is 7. The second-order valence-electron chi connectivity index (χ2n) is 6.40. The van der Waals surface area contributed by atoms with E-state index in [2.05, 4.69) is 6.92 Å².